The molecule has 0 saturated carbocycles. The summed E-state index contributed by atoms with van der Waals surface area (Å²) < 4.78 is 18.5. The maximum atomic E-state index is 14.2. The number of carbonyl (C=O) groups excluding carboxylic acids is 3. The van der Waals surface area contributed by atoms with Gasteiger partial charge in [-0.1, -0.05) is 321 Å². The van der Waals surface area contributed by atoms with Gasteiger partial charge in [0.05, 0.1) is 0 Å². The lowest BCUT2D eigenvalue weighted by molar-refractivity contribution is -0.172. The fraction of sp³-hybridized carbons (Fsp3) is 0.877. The molecule has 0 amide bonds. The second-order valence-electron chi connectivity index (χ2n) is 24.1. The average Bonchev–Trinajstić information content (AvgIpc) is 3.45. The lowest BCUT2D eigenvalue weighted by Gasteiger charge is -2.26. The molecule has 0 bridgehead atoms. The van der Waals surface area contributed by atoms with Gasteiger partial charge < -0.3 is 14.2 Å². The molecule has 0 aliphatic heterocycles. The van der Waals surface area contributed by atoms with Gasteiger partial charge >= 0.3 is 11.9 Å². The number of Topliss-reactive ketones (excluding diaryl/α,β-unsaturated/α-hetero) is 1. The van der Waals surface area contributed by atoms with Crippen LogP contribution < -0.4 is 0 Å². The van der Waals surface area contributed by atoms with Crippen molar-refractivity contribution in [2.45, 2.75) is 399 Å². The Bertz CT molecular complexity index is 1340. The Kier molecular flexibility index (Phi) is 64.7. The van der Waals surface area contributed by atoms with E-state index in [0.29, 0.717) is 25.9 Å². The van der Waals surface area contributed by atoms with Gasteiger partial charge in [-0.15, -0.1) is 0 Å². The van der Waals surface area contributed by atoms with Crippen LogP contribution in [-0.4, -0.2) is 43.1 Å². The Hall–Kier alpha value is -2.21. The zero-order valence-corrected chi connectivity index (χ0v) is 53.6. The summed E-state index contributed by atoms with van der Waals surface area (Å²) in [6, 6.07) is 0. The maximum Gasteiger partial charge on any atom is 0.306 e. The molecular weight excluding hydrogens is 973 g/mol. The van der Waals surface area contributed by atoms with Gasteiger partial charge in [0.25, 0.3) is 0 Å². The van der Waals surface area contributed by atoms with E-state index in [0.717, 1.165) is 103 Å². The molecule has 0 aliphatic carbocycles. The van der Waals surface area contributed by atoms with Gasteiger partial charge in [-0.3, -0.25) is 14.4 Å². The molecule has 6 heteroatoms. The van der Waals surface area contributed by atoms with Gasteiger partial charge in [0, 0.05) is 25.9 Å². The van der Waals surface area contributed by atoms with Gasteiger partial charge in [-0.2, -0.15) is 0 Å². The summed E-state index contributed by atoms with van der Waals surface area (Å²) in [5.74, 6) is -0.634. The van der Waals surface area contributed by atoms with Crippen LogP contribution in [0.5, 0.6) is 0 Å². The second kappa shape index (κ2) is 66.6. The first-order chi connectivity index (χ1) is 39.0. The van der Waals surface area contributed by atoms with E-state index in [1.165, 1.54) is 238 Å². The van der Waals surface area contributed by atoms with Crippen molar-refractivity contribution in [1.29, 1.82) is 0 Å². The first-order valence-corrected chi connectivity index (χ1v) is 35.4. The normalized spacial score (nSPS) is 12.7. The molecule has 0 saturated heterocycles. The number of hydrogen-bond donors (Lipinski definition) is 0. The van der Waals surface area contributed by atoms with Gasteiger partial charge in [0.15, 0.2) is 18.0 Å². The fourth-order valence-corrected chi connectivity index (χ4v) is 10.8. The van der Waals surface area contributed by atoms with Gasteiger partial charge in [0.1, 0.15) is 6.61 Å². The topological polar surface area (TPSA) is 78.9 Å². The van der Waals surface area contributed by atoms with E-state index in [4.69, 9.17) is 14.2 Å². The summed E-state index contributed by atoms with van der Waals surface area (Å²) in [6.07, 6.45) is 77.9. The third kappa shape index (κ3) is 60.2. The number of hydrogen-bond acceptors (Lipinski definition) is 6. The Morgan fingerprint density at radius 2 is 0.582 bits per heavy atom. The summed E-state index contributed by atoms with van der Waals surface area (Å²) in [4.78, 5) is 41.0. The van der Waals surface area contributed by atoms with Crippen LogP contribution in [0.4, 0.5) is 0 Å². The molecule has 0 aliphatic rings. The number of allylic oxidation sites excluding steroid dienone is 6. The molecule has 0 radical (unpaired) electrons. The monoisotopic (exact) mass is 1110 g/mol. The molecular formula is C73H136O6. The summed E-state index contributed by atoms with van der Waals surface area (Å²) >= 11 is 0. The molecule has 0 aromatic carbocycles. The minimum atomic E-state index is -0.931. The maximum absolute atomic E-state index is 14.2. The molecule has 0 heterocycles. The van der Waals surface area contributed by atoms with Crippen LogP contribution in [0.25, 0.3) is 0 Å². The van der Waals surface area contributed by atoms with Crippen molar-refractivity contribution in [1.82, 2.24) is 0 Å². The highest BCUT2D eigenvalue weighted by Crippen LogP contribution is 2.20. The van der Waals surface area contributed by atoms with Crippen molar-refractivity contribution in [2.75, 3.05) is 13.2 Å². The van der Waals surface area contributed by atoms with Crippen LogP contribution >= 0.6 is 0 Å². The summed E-state index contributed by atoms with van der Waals surface area (Å²) in [7, 11) is 0. The van der Waals surface area contributed by atoms with Crippen molar-refractivity contribution in [3.8, 4) is 0 Å². The van der Waals surface area contributed by atoms with E-state index in [2.05, 4.69) is 64.2 Å². The van der Waals surface area contributed by atoms with E-state index in [1.807, 2.05) is 0 Å². The third-order valence-electron chi connectivity index (χ3n) is 16.1. The Balaban J connectivity index is 5.34. The van der Waals surface area contributed by atoms with E-state index in [9.17, 15) is 14.4 Å². The first-order valence-electron chi connectivity index (χ1n) is 35.4. The first kappa shape index (κ1) is 76.8. The molecule has 6 nitrogen and oxygen atoms in total. The fourth-order valence-electron chi connectivity index (χ4n) is 10.8. The van der Waals surface area contributed by atoms with Crippen LogP contribution in [0.2, 0.25) is 0 Å². The standard InChI is InChI=1S/C73H136O6/c1-5-9-13-17-21-25-29-33-37-40-44-48-52-56-60-64-69(74)73(77-67-63-59-55-51-47-43-36-32-28-24-20-16-12-8-4)70(79-72(76)66-62-58-54-50-46-42-39-35-31-27-23-19-15-11-7-3)68-78-71(75)65-61-57-53-49-45-41-38-34-30-26-22-18-14-10-6-2/h22,26,33-34,37-38,70,73H,5-21,23-25,27-32,35-36,39-68H2,1-4H3. The number of ketones is 1. The number of rotatable bonds is 66. The van der Waals surface area contributed by atoms with Crippen molar-refractivity contribution >= 4 is 17.7 Å². The third-order valence-corrected chi connectivity index (χ3v) is 16.1. The lowest BCUT2D eigenvalue weighted by atomic mass is 10.0. The summed E-state index contributed by atoms with van der Waals surface area (Å²) in [5.41, 5.74) is 0. The van der Waals surface area contributed by atoms with Crippen molar-refractivity contribution in [3.63, 3.8) is 0 Å². The number of carbonyl (C=O) groups is 3. The van der Waals surface area contributed by atoms with Crippen LogP contribution in [0.1, 0.15) is 387 Å². The molecule has 2 atom stereocenters. The van der Waals surface area contributed by atoms with Gasteiger partial charge in [0.2, 0.25) is 0 Å². The Labute approximate surface area is 493 Å². The number of unbranched alkanes of at least 4 members (excludes halogenated alkanes) is 46. The van der Waals surface area contributed by atoms with E-state index < -0.39 is 12.2 Å². The number of esters is 2. The Morgan fingerprint density at radius 1 is 0.304 bits per heavy atom. The highest BCUT2D eigenvalue weighted by atomic mass is 16.6. The molecule has 0 aromatic heterocycles. The summed E-state index contributed by atoms with van der Waals surface area (Å²) in [5, 5.41) is 0. The van der Waals surface area contributed by atoms with E-state index in [-0.39, 0.29) is 24.3 Å². The Morgan fingerprint density at radius 3 is 0.962 bits per heavy atom. The molecule has 0 spiro atoms. The predicted octanol–water partition coefficient (Wildman–Crippen LogP) is 24.0. The molecule has 0 rings (SSSR count). The smallest absolute Gasteiger partial charge is 0.306 e. The zero-order valence-electron chi connectivity index (χ0n) is 53.6. The zero-order chi connectivity index (χ0) is 57.3. The van der Waals surface area contributed by atoms with Crippen LogP contribution in [0, 0.1) is 0 Å². The molecule has 464 valence electrons. The van der Waals surface area contributed by atoms with Crippen LogP contribution in [0.3, 0.4) is 0 Å². The SMILES string of the molecule is CCCCCC=CCC=CCCCCCCCC(=O)OCC(OC(=O)CCCCCCCCCCCCCCCCC)C(OCCCCCCCCCCCCCCCC)C(=O)CCCCCCCC=CCCCCCCCC. The minimum Gasteiger partial charge on any atom is -0.462 e. The van der Waals surface area contributed by atoms with Crippen molar-refractivity contribution < 1.29 is 28.6 Å². The highest BCUT2D eigenvalue weighted by Gasteiger charge is 2.33. The van der Waals surface area contributed by atoms with Crippen molar-refractivity contribution in [3.05, 3.63) is 36.5 Å². The molecule has 2 unspecified atom stereocenters. The summed E-state index contributed by atoms with van der Waals surface area (Å²) in [6.45, 7) is 9.39. The largest absolute Gasteiger partial charge is 0.462 e. The molecule has 79 heavy (non-hydrogen) atoms. The highest BCUT2D eigenvalue weighted by molar-refractivity contribution is 5.84. The van der Waals surface area contributed by atoms with E-state index >= 15 is 0 Å². The molecule has 0 aromatic rings. The van der Waals surface area contributed by atoms with E-state index in [1.54, 1.807) is 0 Å². The van der Waals surface area contributed by atoms with Gasteiger partial charge in [-0.25, -0.2) is 0 Å². The van der Waals surface area contributed by atoms with Gasteiger partial charge in [-0.05, 0) is 83.5 Å². The predicted molar refractivity (Wildman–Crippen MR) is 344 cm³/mol. The van der Waals surface area contributed by atoms with Crippen molar-refractivity contribution in [2.24, 2.45) is 0 Å². The lowest BCUT2D eigenvalue weighted by Crippen LogP contribution is -2.43. The minimum absolute atomic E-state index is 0.0301. The second-order valence-corrected chi connectivity index (χ2v) is 24.1. The van der Waals surface area contributed by atoms with Crippen LogP contribution in [0.15, 0.2) is 36.5 Å². The molecule has 0 fully saturated rings. The number of ether oxygens (including phenoxy) is 3. The van der Waals surface area contributed by atoms with Crippen LogP contribution in [-0.2, 0) is 28.6 Å². The quantitative estimate of drug-likeness (QED) is 0.0343. The average molecular weight is 1110 g/mol. The molecule has 0 N–H and O–H groups in total.